The molecule has 0 aromatic rings. The summed E-state index contributed by atoms with van der Waals surface area (Å²) in [5, 5.41) is 3.30. The first kappa shape index (κ1) is 14.8. The van der Waals surface area contributed by atoms with Crippen LogP contribution in [-0.4, -0.2) is 49.2 Å². The third-order valence-electron chi connectivity index (χ3n) is 4.48. The highest BCUT2D eigenvalue weighted by molar-refractivity contribution is 5.80. The highest BCUT2D eigenvalue weighted by Gasteiger charge is 2.28. The Hall–Kier alpha value is -0.610. The lowest BCUT2D eigenvalue weighted by atomic mass is 10.1. The minimum Gasteiger partial charge on any atom is -0.365 e. The number of ether oxygens (including phenoxy) is 1. The summed E-state index contributed by atoms with van der Waals surface area (Å²) >= 11 is 0. The van der Waals surface area contributed by atoms with E-state index >= 15 is 0 Å². The van der Waals surface area contributed by atoms with Crippen molar-refractivity contribution in [3.05, 3.63) is 0 Å². The minimum atomic E-state index is -0.298. The molecule has 1 saturated carbocycles. The third-order valence-corrected chi connectivity index (χ3v) is 4.48. The van der Waals surface area contributed by atoms with Crippen LogP contribution >= 0.6 is 0 Å². The lowest BCUT2D eigenvalue weighted by molar-refractivity contribution is -0.147. The molecule has 4 nitrogen and oxygen atoms in total. The molecule has 2 fully saturated rings. The van der Waals surface area contributed by atoms with Crippen molar-refractivity contribution < 1.29 is 9.53 Å². The predicted octanol–water partition coefficient (Wildman–Crippen LogP) is 1.93. The molecule has 0 bridgehead atoms. The summed E-state index contributed by atoms with van der Waals surface area (Å²) in [4.78, 5) is 14.2. The molecule has 19 heavy (non-hydrogen) atoms. The van der Waals surface area contributed by atoms with Gasteiger partial charge in [0, 0.05) is 19.6 Å². The minimum absolute atomic E-state index is 0.137. The number of carbonyl (C=O) groups is 1. The van der Waals surface area contributed by atoms with Crippen LogP contribution in [0.4, 0.5) is 0 Å². The molecule has 4 heteroatoms. The van der Waals surface area contributed by atoms with E-state index in [2.05, 4.69) is 5.32 Å². The maximum absolute atomic E-state index is 12.4. The maximum Gasteiger partial charge on any atom is 0.251 e. The van der Waals surface area contributed by atoms with E-state index in [1.165, 1.54) is 25.7 Å². The van der Waals surface area contributed by atoms with Gasteiger partial charge in [0.05, 0.1) is 6.10 Å². The summed E-state index contributed by atoms with van der Waals surface area (Å²) < 4.78 is 6.00. The highest BCUT2D eigenvalue weighted by atomic mass is 16.5. The van der Waals surface area contributed by atoms with Crippen molar-refractivity contribution in [2.45, 2.75) is 70.1 Å². The molecule has 1 amide bonds. The molecule has 1 aliphatic heterocycles. The van der Waals surface area contributed by atoms with E-state index < -0.39 is 0 Å². The number of rotatable bonds is 4. The lowest BCUT2D eigenvalue weighted by Crippen LogP contribution is -2.44. The van der Waals surface area contributed by atoms with Gasteiger partial charge in [-0.2, -0.15) is 0 Å². The van der Waals surface area contributed by atoms with Crippen molar-refractivity contribution in [3.63, 3.8) is 0 Å². The van der Waals surface area contributed by atoms with Crippen molar-refractivity contribution in [2.75, 3.05) is 20.1 Å². The Balaban J connectivity index is 1.80. The molecule has 2 atom stereocenters. The standard InChI is InChI=1S/C15H28N2O2/c1-12(19-14-7-5-3-4-6-8-14)15(18)17(2)13-9-10-16-11-13/h12-14,16H,3-11H2,1-2H3. The zero-order chi connectivity index (χ0) is 13.7. The summed E-state index contributed by atoms with van der Waals surface area (Å²) in [6.45, 7) is 3.84. The van der Waals surface area contributed by atoms with Crippen molar-refractivity contribution in [1.29, 1.82) is 0 Å². The van der Waals surface area contributed by atoms with Crippen LogP contribution in [0.25, 0.3) is 0 Å². The van der Waals surface area contributed by atoms with E-state index in [0.29, 0.717) is 6.04 Å². The predicted molar refractivity (Wildman–Crippen MR) is 76.1 cm³/mol. The monoisotopic (exact) mass is 268 g/mol. The summed E-state index contributed by atoms with van der Waals surface area (Å²) in [5.41, 5.74) is 0. The van der Waals surface area contributed by atoms with Crippen LogP contribution in [0, 0.1) is 0 Å². The number of likely N-dealkylation sites (N-methyl/N-ethyl adjacent to an activating group) is 1. The molecule has 1 aliphatic carbocycles. The van der Waals surface area contributed by atoms with E-state index in [-0.39, 0.29) is 18.1 Å². The summed E-state index contributed by atoms with van der Waals surface area (Å²) in [5.74, 6) is 0.137. The summed E-state index contributed by atoms with van der Waals surface area (Å²) in [6, 6.07) is 0.340. The quantitative estimate of drug-likeness (QED) is 0.792. The van der Waals surface area contributed by atoms with Gasteiger partial charge in [-0.25, -0.2) is 0 Å². The van der Waals surface area contributed by atoms with Gasteiger partial charge in [0.15, 0.2) is 0 Å². The topological polar surface area (TPSA) is 41.6 Å². The fraction of sp³-hybridized carbons (Fsp3) is 0.933. The van der Waals surface area contributed by atoms with Crippen LogP contribution in [0.15, 0.2) is 0 Å². The third kappa shape index (κ3) is 4.18. The highest BCUT2D eigenvalue weighted by Crippen LogP contribution is 2.21. The van der Waals surface area contributed by atoms with Crippen LogP contribution in [-0.2, 0) is 9.53 Å². The molecule has 2 unspecified atom stereocenters. The number of nitrogens with one attached hydrogen (secondary N) is 1. The molecule has 0 aromatic carbocycles. The second kappa shape index (κ2) is 7.25. The Morgan fingerprint density at radius 3 is 2.47 bits per heavy atom. The van der Waals surface area contributed by atoms with E-state index in [1.54, 1.807) is 0 Å². The Kier molecular flexibility index (Phi) is 5.64. The van der Waals surface area contributed by atoms with Crippen molar-refractivity contribution >= 4 is 5.91 Å². The van der Waals surface area contributed by atoms with Crippen LogP contribution in [0.2, 0.25) is 0 Å². The first-order valence-electron chi connectivity index (χ1n) is 7.81. The van der Waals surface area contributed by atoms with Crippen LogP contribution in [0.5, 0.6) is 0 Å². The second-order valence-electron chi connectivity index (χ2n) is 5.99. The summed E-state index contributed by atoms with van der Waals surface area (Å²) in [6.07, 6.45) is 8.40. The Morgan fingerprint density at radius 1 is 1.21 bits per heavy atom. The van der Waals surface area contributed by atoms with Gasteiger partial charge in [0.1, 0.15) is 6.10 Å². The number of nitrogens with zero attached hydrogens (tertiary/aromatic N) is 1. The van der Waals surface area contributed by atoms with E-state index in [1.807, 2.05) is 18.9 Å². The Morgan fingerprint density at radius 2 is 1.89 bits per heavy atom. The molecule has 1 N–H and O–H groups in total. The molecule has 110 valence electrons. The first-order valence-corrected chi connectivity index (χ1v) is 7.81. The second-order valence-corrected chi connectivity index (χ2v) is 5.99. The van der Waals surface area contributed by atoms with Gasteiger partial charge >= 0.3 is 0 Å². The SMILES string of the molecule is CC(OC1CCCCCC1)C(=O)N(C)C1CCNC1. The Bertz CT molecular complexity index is 282. The molecular weight excluding hydrogens is 240 g/mol. The lowest BCUT2D eigenvalue weighted by Gasteiger charge is -2.28. The molecule has 0 radical (unpaired) electrons. The summed E-state index contributed by atoms with van der Waals surface area (Å²) in [7, 11) is 1.91. The van der Waals surface area contributed by atoms with Gasteiger partial charge in [-0.15, -0.1) is 0 Å². The number of amides is 1. The number of hydrogen-bond acceptors (Lipinski definition) is 3. The van der Waals surface area contributed by atoms with E-state index in [4.69, 9.17) is 4.74 Å². The Labute approximate surface area is 116 Å². The normalized spacial score (nSPS) is 26.9. The van der Waals surface area contributed by atoms with Gasteiger partial charge in [0.2, 0.25) is 0 Å². The van der Waals surface area contributed by atoms with Crippen molar-refractivity contribution in [2.24, 2.45) is 0 Å². The first-order chi connectivity index (χ1) is 9.18. The van der Waals surface area contributed by atoms with E-state index in [9.17, 15) is 4.79 Å². The zero-order valence-corrected chi connectivity index (χ0v) is 12.4. The molecule has 1 heterocycles. The average Bonchev–Trinajstić information content (AvgIpc) is 2.83. The van der Waals surface area contributed by atoms with Crippen LogP contribution in [0.1, 0.15) is 51.9 Å². The van der Waals surface area contributed by atoms with Gasteiger partial charge in [-0.3, -0.25) is 4.79 Å². The fourth-order valence-corrected chi connectivity index (χ4v) is 3.16. The van der Waals surface area contributed by atoms with Gasteiger partial charge in [-0.1, -0.05) is 25.7 Å². The van der Waals surface area contributed by atoms with Crippen molar-refractivity contribution in [1.82, 2.24) is 10.2 Å². The zero-order valence-electron chi connectivity index (χ0n) is 12.4. The van der Waals surface area contributed by atoms with Crippen LogP contribution < -0.4 is 5.32 Å². The molecule has 2 rings (SSSR count). The molecular formula is C15H28N2O2. The van der Waals surface area contributed by atoms with Crippen molar-refractivity contribution in [3.8, 4) is 0 Å². The van der Waals surface area contributed by atoms with E-state index in [0.717, 1.165) is 32.4 Å². The molecule has 0 aromatic heterocycles. The largest absolute Gasteiger partial charge is 0.365 e. The maximum atomic E-state index is 12.4. The van der Waals surface area contributed by atoms with Gasteiger partial charge < -0.3 is 15.0 Å². The molecule has 0 spiro atoms. The molecule has 1 saturated heterocycles. The fourth-order valence-electron chi connectivity index (χ4n) is 3.16. The number of hydrogen-bond donors (Lipinski definition) is 1. The van der Waals surface area contributed by atoms with Crippen LogP contribution in [0.3, 0.4) is 0 Å². The smallest absolute Gasteiger partial charge is 0.251 e. The molecule has 2 aliphatic rings. The number of carbonyl (C=O) groups excluding carboxylic acids is 1. The average molecular weight is 268 g/mol. The van der Waals surface area contributed by atoms with Gasteiger partial charge in [-0.05, 0) is 32.7 Å². The van der Waals surface area contributed by atoms with Gasteiger partial charge in [0.25, 0.3) is 5.91 Å².